The van der Waals surface area contributed by atoms with E-state index in [0.717, 1.165) is 54.8 Å². The summed E-state index contributed by atoms with van der Waals surface area (Å²) < 4.78 is 11.0. The number of nitrogens with one attached hydrogen (secondary N) is 2. The summed E-state index contributed by atoms with van der Waals surface area (Å²) in [6.45, 7) is 8.59. The summed E-state index contributed by atoms with van der Waals surface area (Å²) in [5, 5.41) is 6.79. The van der Waals surface area contributed by atoms with Gasteiger partial charge in [0.1, 0.15) is 18.2 Å². The normalized spacial score (nSPS) is 14.5. The molecule has 9 heteroatoms. The molecule has 1 fully saturated rings. The number of aromatic nitrogens is 1. The summed E-state index contributed by atoms with van der Waals surface area (Å²) in [7, 11) is 5.62. The van der Waals surface area contributed by atoms with E-state index in [4.69, 9.17) is 9.47 Å². The van der Waals surface area contributed by atoms with Crippen LogP contribution in [-0.2, 0) is 17.8 Å². The highest BCUT2D eigenvalue weighted by atomic mass is 127. The standard InChI is InChI=1S/C24H36N6O2.HI/c1-19-5-6-21(22(15-19)32-14-13-31-4)18-28-24(25-2)27-17-20-7-8-26-23(16-20)30-11-9-29(3)10-12-30;/h5-8,15-16H,9-14,17-18H2,1-4H3,(H2,25,27,28);1H. The Morgan fingerprint density at radius 3 is 2.55 bits per heavy atom. The molecule has 0 amide bonds. The number of likely N-dealkylation sites (N-methyl/N-ethyl adjacent to an activating group) is 1. The monoisotopic (exact) mass is 568 g/mol. The fourth-order valence-corrected chi connectivity index (χ4v) is 3.54. The lowest BCUT2D eigenvalue weighted by molar-refractivity contribution is 0.145. The van der Waals surface area contributed by atoms with Crippen molar-refractivity contribution in [2.45, 2.75) is 20.0 Å². The van der Waals surface area contributed by atoms with Gasteiger partial charge in [0.05, 0.1) is 6.61 Å². The summed E-state index contributed by atoms with van der Waals surface area (Å²) in [6.07, 6.45) is 1.89. The predicted molar refractivity (Wildman–Crippen MR) is 145 cm³/mol. The number of pyridine rings is 1. The number of methoxy groups -OCH3 is 1. The molecule has 0 aliphatic carbocycles. The molecular formula is C24H37IN6O2. The van der Waals surface area contributed by atoms with E-state index < -0.39 is 0 Å². The number of piperazine rings is 1. The maximum atomic E-state index is 5.89. The highest BCUT2D eigenvalue weighted by Crippen LogP contribution is 2.20. The van der Waals surface area contributed by atoms with Crippen molar-refractivity contribution in [1.29, 1.82) is 0 Å². The Hall–Kier alpha value is -2.11. The van der Waals surface area contributed by atoms with Crippen LogP contribution >= 0.6 is 24.0 Å². The smallest absolute Gasteiger partial charge is 0.191 e. The molecule has 1 aliphatic heterocycles. The molecule has 8 nitrogen and oxygen atoms in total. The van der Waals surface area contributed by atoms with E-state index in [-0.39, 0.29) is 24.0 Å². The molecule has 2 heterocycles. The van der Waals surface area contributed by atoms with Crippen LogP contribution in [0.15, 0.2) is 41.5 Å². The number of hydrogen-bond donors (Lipinski definition) is 2. The van der Waals surface area contributed by atoms with Crippen molar-refractivity contribution in [3.8, 4) is 5.75 Å². The summed E-state index contributed by atoms with van der Waals surface area (Å²) in [5.41, 5.74) is 3.42. The van der Waals surface area contributed by atoms with Gasteiger partial charge in [0.2, 0.25) is 0 Å². The first kappa shape index (κ1) is 27.1. The van der Waals surface area contributed by atoms with Crippen molar-refractivity contribution in [1.82, 2.24) is 20.5 Å². The number of anilines is 1. The highest BCUT2D eigenvalue weighted by molar-refractivity contribution is 14.0. The number of aryl methyl sites for hydroxylation is 1. The third kappa shape index (κ3) is 8.63. The van der Waals surface area contributed by atoms with E-state index in [1.807, 2.05) is 12.3 Å². The molecule has 2 N–H and O–H groups in total. The number of nitrogens with zero attached hydrogens (tertiary/aromatic N) is 4. The number of aliphatic imine (C=N–C) groups is 1. The van der Waals surface area contributed by atoms with Gasteiger partial charge in [0.15, 0.2) is 5.96 Å². The van der Waals surface area contributed by atoms with E-state index >= 15 is 0 Å². The van der Waals surface area contributed by atoms with Gasteiger partial charge >= 0.3 is 0 Å². The number of guanidine groups is 1. The fraction of sp³-hybridized carbons (Fsp3) is 0.500. The second-order valence-corrected chi connectivity index (χ2v) is 8.04. The van der Waals surface area contributed by atoms with Gasteiger partial charge in [-0.05, 0) is 43.3 Å². The topological polar surface area (TPSA) is 74.3 Å². The SMILES string of the molecule is CN=C(NCc1ccnc(N2CCN(C)CC2)c1)NCc1ccc(C)cc1OCCOC.I. The van der Waals surface area contributed by atoms with Crippen molar-refractivity contribution in [2.24, 2.45) is 4.99 Å². The van der Waals surface area contributed by atoms with Crippen molar-refractivity contribution < 1.29 is 9.47 Å². The minimum Gasteiger partial charge on any atom is -0.491 e. The molecular weight excluding hydrogens is 531 g/mol. The average molecular weight is 569 g/mol. The molecule has 1 aliphatic rings. The Balaban J connectivity index is 0.00000385. The Morgan fingerprint density at radius 2 is 1.82 bits per heavy atom. The molecule has 0 atom stereocenters. The van der Waals surface area contributed by atoms with Gasteiger partial charge in [-0.2, -0.15) is 0 Å². The van der Waals surface area contributed by atoms with Gasteiger partial charge in [-0.25, -0.2) is 4.98 Å². The van der Waals surface area contributed by atoms with Crippen LogP contribution in [0, 0.1) is 6.92 Å². The summed E-state index contributed by atoms with van der Waals surface area (Å²) in [4.78, 5) is 13.6. The molecule has 0 spiro atoms. The molecule has 1 aromatic heterocycles. The summed E-state index contributed by atoms with van der Waals surface area (Å²) in [5.74, 6) is 2.65. The van der Waals surface area contributed by atoms with Crippen LogP contribution in [0.3, 0.4) is 0 Å². The number of benzene rings is 1. The van der Waals surface area contributed by atoms with Crippen LogP contribution in [0.5, 0.6) is 5.75 Å². The van der Waals surface area contributed by atoms with E-state index in [9.17, 15) is 0 Å². The molecule has 0 unspecified atom stereocenters. The van der Waals surface area contributed by atoms with Crippen LogP contribution < -0.4 is 20.3 Å². The van der Waals surface area contributed by atoms with Gasteiger partial charge in [0.25, 0.3) is 0 Å². The first-order valence-corrected chi connectivity index (χ1v) is 11.1. The molecule has 0 radical (unpaired) electrons. The van der Waals surface area contributed by atoms with Crippen molar-refractivity contribution in [3.63, 3.8) is 0 Å². The fourth-order valence-electron chi connectivity index (χ4n) is 3.54. The second-order valence-electron chi connectivity index (χ2n) is 8.04. The quantitative estimate of drug-likeness (QED) is 0.209. The van der Waals surface area contributed by atoms with Gasteiger partial charge in [0, 0.05) is 65.2 Å². The predicted octanol–water partition coefficient (Wildman–Crippen LogP) is 2.65. The van der Waals surface area contributed by atoms with E-state index in [1.54, 1.807) is 14.2 Å². The van der Waals surface area contributed by atoms with Crippen LogP contribution in [0.1, 0.15) is 16.7 Å². The van der Waals surface area contributed by atoms with E-state index in [0.29, 0.717) is 26.3 Å². The molecule has 1 aromatic carbocycles. The first-order valence-electron chi connectivity index (χ1n) is 11.1. The summed E-state index contributed by atoms with van der Waals surface area (Å²) >= 11 is 0. The minimum atomic E-state index is 0. The number of halogens is 1. The van der Waals surface area contributed by atoms with Crippen molar-refractivity contribution >= 4 is 35.8 Å². The molecule has 182 valence electrons. The third-order valence-electron chi connectivity index (χ3n) is 5.53. The Bertz CT molecular complexity index is 887. The lowest BCUT2D eigenvalue weighted by Gasteiger charge is -2.33. The first-order chi connectivity index (χ1) is 15.6. The second kappa shape index (κ2) is 14.2. The third-order valence-corrected chi connectivity index (χ3v) is 5.53. The molecule has 0 bridgehead atoms. The minimum absolute atomic E-state index is 0. The van der Waals surface area contributed by atoms with E-state index in [2.05, 4.69) is 68.6 Å². The number of hydrogen-bond acceptors (Lipinski definition) is 6. The van der Waals surface area contributed by atoms with Crippen molar-refractivity contribution in [2.75, 3.05) is 65.5 Å². The number of ether oxygens (including phenoxy) is 2. The Kier molecular flexibility index (Phi) is 11.7. The largest absolute Gasteiger partial charge is 0.491 e. The highest BCUT2D eigenvalue weighted by Gasteiger charge is 2.15. The zero-order valence-corrected chi connectivity index (χ0v) is 22.5. The van der Waals surface area contributed by atoms with Gasteiger partial charge in [-0.1, -0.05) is 12.1 Å². The maximum absolute atomic E-state index is 5.89. The Morgan fingerprint density at radius 1 is 1.06 bits per heavy atom. The van der Waals surface area contributed by atoms with Crippen LogP contribution in [0.25, 0.3) is 0 Å². The van der Waals surface area contributed by atoms with Crippen LogP contribution in [0.4, 0.5) is 5.82 Å². The van der Waals surface area contributed by atoms with Gasteiger partial charge in [-0.3, -0.25) is 4.99 Å². The van der Waals surface area contributed by atoms with Gasteiger partial charge in [-0.15, -0.1) is 24.0 Å². The molecule has 1 saturated heterocycles. The molecule has 0 saturated carbocycles. The molecule has 33 heavy (non-hydrogen) atoms. The van der Waals surface area contributed by atoms with Crippen molar-refractivity contribution in [3.05, 3.63) is 53.2 Å². The molecule has 3 rings (SSSR count). The average Bonchev–Trinajstić information content (AvgIpc) is 2.81. The van der Waals surface area contributed by atoms with Gasteiger partial charge < -0.3 is 29.9 Å². The van der Waals surface area contributed by atoms with Crippen LogP contribution in [-0.4, -0.2) is 76.4 Å². The van der Waals surface area contributed by atoms with E-state index in [1.165, 1.54) is 5.56 Å². The lowest BCUT2D eigenvalue weighted by atomic mass is 10.1. The molecule has 2 aromatic rings. The number of rotatable bonds is 9. The Labute approximate surface area is 214 Å². The summed E-state index contributed by atoms with van der Waals surface area (Å²) in [6, 6.07) is 10.4. The lowest BCUT2D eigenvalue weighted by Crippen LogP contribution is -2.44. The maximum Gasteiger partial charge on any atom is 0.191 e. The zero-order valence-electron chi connectivity index (χ0n) is 20.1. The zero-order chi connectivity index (χ0) is 22.8. The van der Waals surface area contributed by atoms with Crippen LogP contribution in [0.2, 0.25) is 0 Å².